The van der Waals surface area contributed by atoms with Gasteiger partial charge in [-0.1, -0.05) is 43.2 Å². The number of amides is 1. The van der Waals surface area contributed by atoms with Crippen LogP contribution in [0.5, 0.6) is 5.75 Å². The SMILES string of the molecule is COc1ccc(N2CCN(C(=O)C3(c4ccccc4)CCCC3)CC2)cc1. The lowest BCUT2D eigenvalue weighted by molar-refractivity contribution is -0.137. The van der Waals surface area contributed by atoms with Crippen molar-refractivity contribution in [2.45, 2.75) is 31.1 Å². The maximum absolute atomic E-state index is 13.5. The fraction of sp³-hybridized carbons (Fsp3) is 0.435. The van der Waals surface area contributed by atoms with Gasteiger partial charge in [-0.05, 0) is 42.7 Å². The Bertz CT molecular complexity index is 759. The van der Waals surface area contributed by atoms with Crippen molar-refractivity contribution in [1.82, 2.24) is 4.90 Å². The highest BCUT2D eigenvalue weighted by Crippen LogP contribution is 2.42. The standard InChI is InChI=1S/C23H28N2O2/c1-27-21-11-9-20(10-12-21)24-15-17-25(18-16-24)22(26)23(13-5-6-14-23)19-7-3-2-4-8-19/h2-4,7-12H,5-6,13-18H2,1H3. The summed E-state index contributed by atoms with van der Waals surface area (Å²) in [6, 6.07) is 18.6. The van der Waals surface area contributed by atoms with Gasteiger partial charge in [0, 0.05) is 31.9 Å². The highest BCUT2D eigenvalue weighted by Gasteiger charge is 2.45. The molecule has 1 aliphatic carbocycles. The molecular weight excluding hydrogens is 336 g/mol. The summed E-state index contributed by atoms with van der Waals surface area (Å²) in [5.74, 6) is 1.21. The van der Waals surface area contributed by atoms with Crippen molar-refractivity contribution < 1.29 is 9.53 Å². The second kappa shape index (κ2) is 7.63. The number of methoxy groups -OCH3 is 1. The molecule has 0 N–H and O–H groups in total. The highest BCUT2D eigenvalue weighted by molar-refractivity contribution is 5.89. The average molecular weight is 364 g/mol. The fourth-order valence-electron chi connectivity index (χ4n) is 4.63. The van der Waals surface area contributed by atoms with Crippen LogP contribution in [0, 0.1) is 0 Å². The zero-order valence-corrected chi connectivity index (χ0v) is 16.1. The van der Waals surface area contributed by atoms with Gasteiger partial charge in [-0.2, -0.15) is 0 Å². The number of hydrogen-bond donors (Lipinski definition) is 0. The Morgan fingerprint density at radius 3 is 2.11 bits per heavy atom. The minimum absolute atomic E-state index is 0.302. The molecule has 4 rings (SSSR count). The van der Waals surface area contributed by atoms with Crippen LogP contribution in [0.2, 0.25) is 0 Å². The normalized spacial score (nSPS) is 19.1. The van der Waals surface area contributed by atoms with Crippen LogP contribution in [-0.2, 0) is 10.2 Å². The summed E-state index contributed by atoms with van der Waals surface area (Å²) >= 11 is 0. The molecule has 2 aromatic carbocycles. The lowest BCUT2D eigenvalue weighted by Crippen LogP contribution is -2.54. The van der Waals surface area contributed by atoms with E-state index in [4.69, 9.17) is 4.74 Å². The van der Waals surface area contributed by atoms with Crippen LogP contribution in [0.4, 0.5) is 5.69 Å². The minimum Gasteiger partial charge on any atom is -0.497 e. The lowest BCUT2D eigenvalue weighted by atomic mass is 9.77. The van der Waals surface area contributed by atoms with Crippen LogP contribution in [0.15, 0.2) is 54.6 Å². The summed E-state index contributed by atoms with van der Waals surface area (Å²) in [4.78, 5) is 18.0. The van der Waals surface area contributed by atoms with Crippen LogP contribution in [0.3, 0.4) is 0 Å². The van der Waals surface area contributed by atoms with Gasteiger partial charge < -0.3 is 14.5 Å². The predicted molar refractivity (Wildman–Crippen MR) is 108 cm³/mol. The molecule has 1 saturated heterocycles. The zero-order valence-electron chi connectivity index (χ0n) is 16.1. The number of carbonyl (C=O) groups excluding carboxylic acids is 1. The van der Waals surface area contributed by atoms with Crippen LogP contribution < -0.4 is 9.64 Å². The molecule has 1 heterocycles. The van der Waals surface area contributed by atoms with Gasteiger partial charge in [0.2, 0.25) is 5.91 Å². The molecule has 0 bridgehead atoms. The first-order valence-electron chi connectivity index (χ1n) is 9.97. The molecule has 142 valence electrons. The molecule has 0 unspecified atom stereocenters. The third kappa shape index (κ3) is 3.41. The van der Waals surface area contributed by atoms with Crippen molar-refractivity contribution in [1.29, 1.82) is 0 Å². The molecule has 1 aliphatic heterocycles. The molecule has 27 heavy (non-hydrogen) atoms. The van der Waals surface area contributed by atoms with E-state index in [-0.39, 0.29) is 5.41 Å². The Labute approximate surface area is 161 Å². The van der Waals surface area contributed by atoms with E-state index in [1.165, 1.54) is 11.3 Å². The van der Waals surface area contributed by atoms with Gasteiger partial charge in [0.25, 0.3) is 0 Å². The quantitative estimate of drug-likeness (QED) is 0.826. The molecule has 1 amide bonds. The molecule has 0 aromatic heterocycles. The van der Waals surface area contributed by atoms with E-state index in [0.717, 1.165) is 57.6 Å². The third-order valence-electron chi connectivity index (χ3n) is 6.20. The van der Waals surface area contributed by atoms with Gasteiger partial charge in [-0.15, -0.1) is 0 Å². The third-order valence-corrected chi connectivity index (χ3v) is 6.20. The van der Waals surface area contributed by atoms with Crippen LogP contribution in [0.25, 0.3) is 0 Å². The first-order chi connectivity index (χ1) is 13.2. The maximum atomic E-state index is 13.5. The van der Waals surface area contributed by atoms with Crippen molar-refractivity contribution in [2.24, 2.45) is 0 Å². The monoisotopic (exact) mass is 364 g/mol. The Morgan fingerprint density at radius 1 is 0.889 bits per heavy atom. The molecule has 2 fully saturated rings. The molecule has 4 heteroatoms. The second-order valence-electron chi connectivity index (χ2n) is 7.63. The molecule has 1 saturated carbocycles. The number of benzene rings is 2. The molecular formula is C23H28N2O2. The largest absolute Gasteiger partial charge is 0.497 e. The van der Waals surface area contributed by atoms with E-state index in [0.29, 0.717) is 5.91 Å². The van der Waals surface area contributed by atoms with Crippen molar-refractivity contribution in [3.05, 3.63) is 60.2 Å². The number of hydrogen-bond acceptors (Lipinski definition) is 3. The molecule has 0 spiro atoms. The summed E-state index contributed by atoms with van der Waals surface area (Å²) in [5, 5.41) is 0. The molecule has 0 atom stereocenters. The van der Waals surface area contributed by atoms with Gasteiger partial charge in [0.15, 0.2) is 0 Å². The molecule has 2 aromatic rings. The number of carbonyl (C=O) groups is 1. The number of rotatable bonds is 4. The van der Waals surface area contributed by atoms with Gasteiger partial charge in [-0.25, -0.2) is 0 Å². The summed E-state index contributed by atoms with van der Waals surface area (Å²) in [6.45, 7) is 3.34. The Hall–Kier alpha value is -2.49. The number of ether oxygens (including phenoxy) is 1. The van der Waals surface area contributed by atoms with E-state index in [1.807, 2.05) is 18.2 Å². The van der Waals surface area contributed by atoms with Crippen molar-refractivity contribution in [3.8, 4) is 5.75 Å². The van der Waals surface area contributed by atoms with E-state index < -0.39 is 0 Å². The van der Waals surface area contributed by atoms with Gasteiger partial charge in [0.1, 0.15) is 5.75 Å². The Morgan fingerprint density at radius 2 is 1.52 bits per heavy atom. The second-order valence-corrected chi connectivity index (χ2v) is 7.63. The Kier molecular flexibility index (Phi) is 5.06. The van der Waals surface area contributed by atoms with Crippen LogP contribution in [0.1, 0.15) is 31.2 Å². The first-order valence-corrected chi connectivity index (χ1v) is 9.97. The maximum Gasteiger partial charge on any atom is 0.233 e. The van der Waals surface area contributed by atoms with E-state index >= 15 is 0 Å². The summed E-state index contributed by atoms with van der Waals surface area (Å²) < 4.78 is 5.24. The lowest BCUT2D eigenvalue weighted by Gasteiger charge is -2.41. The number of nitrogens with zero attached hydrogens (tertiary/aromatic N) is 2. The van der Waals surface area contributed by atoms with Crippen molar-refractivity contribution >= 4 is 11.6 Å². The van der Waals surface area contributed by atoms with E-state index in [2.05, 4.69) is 46.2 Å². The first kappa shape index (κ1) is 17.9. The van der Waals surface area contributed by atoms with Gasteiger partial charge in [-0.3, -0.25) is 4.79 Å². The van der Waals surface area contributed by atoms with E-state index in [1.54, 1.807) is 7.11 Å². The summed E-state index contributed by atoms with van der Waals surface area (Å²) in [6.07, 6.45) is 4.25. The van der Waals surface area contributed by atoms with Crippen LogP contribution >= 0.6 is 0 Å². The fourth-order valence-corrected chi connectivity index (χ4v) is 4.63. The average Bonchev–Trinajstić information content (AvgIpc) is 3.25. The molecule has 2 aliphatic rings. The van der Waals surface area contributed by atoms with Gasteiger partial charge in [0.05, 0.1) is 12.5 Å². The number of piperazine rings is 1. The van der Waals surface area contributed by atoms with E-state index in [9.17, 15) is 4.79 Å². The van der Waals surface area contributed by atoms with Crippen molar-refractivity contribution in [3.63, 3.8) is 0 Å². The number of anilines is 1. The van der Waals surface area contributed by atoms with Crippen LogP contribution in [-0.4, -0.2) is 44.1 Å². The zero-order chi connectivity index (χ0) is 18.7. The minimum atomic E-state index is -0.302. The smallest absolute Gasteiger partial charge is 0.233 e. The summed E-state index contributed by atoms with van der Waals surface area (Å²) in [7, 11) is 1.69. The van der Waals surface area contributed by atoms with Crippen molar-refractivity contribution in [2.75, 3.05) is 38.2 Å². The topological polar surface area (TPSA) is 32.8 Å². The summed E-state index contributed by atoms with van der Waals surface area (Å²) in [5.41, 5.74) is 2.09. The Balaban J connectivity index is 1.46. The predicted octanol–water partition coefficient (Wildman–Crippen LogP) is 3.86. The molecule has 0 radical (unpaired) electrons. The molecule has 4 nitrogen and oxygen atoms in total. The van der Waals surface area contributed by atoms with Gasteiger partial charge >= 0.3 is 0 Å². The highest BCUT2D eigenvalue weighted by atomic mass is 16.5.